The molecule has 0 radical (unpaired) electrons. The Balaban J connectivity index is 2.21. The number of fused-ring (bicyclic) bond motifs is 6. The van der Waals surface area contributed by atoms with E-state index >= 15 is 0 Å². The molecule has 3 aromatic carbocycles. The highest BCUT2D eigenvalue weighted by Gasteiger charge is 2.47. The van der Waals surface area contributed by atoms with Gasteiger partial charge in [0.1, 0.15) is 0 Å². The lowest BCUT2D eigenvalue weighted by Gasteiger charge is -2.13. The molecular weight excluding hydrogens is 644 g/mol. The molecule has 2 aliphatic rings. The van der Waals surface area contributed by atoms with Crippen LogP contribution in [0.5, 0.6) is 0 Å². The van der Waals surface area contributed by atoms with Crippen LogP contribution in [0.3, 0.4) is 0 Å². The number of nitro benzene ring substituents is 6. The Morgan fingerprint density at radius 1 is 0.562 bits per heavy atom. The van der Waals surface area contributed by atoms with Crippen LogP contribution in [0.1, 0.15) is 22.3 Å². The van der Waals surface area contributed by atoms with Crippen molar-refractivity contribution in [2.24, 2.45) is 0 Å². The fourth-order valence-corrected chi connectivity index (χ4v) is 6.16. The van der Waals surface area contributed by atoms with Crippen LogP contribution in [0.2, 0.25) is 0 Å². The Labute approximate surface area is 261 Å². The van der Waals surface area contributed by atoms with Gasteiger partial charge in [-0.25, -0.2) is 20.2 Å². The number of hydrogen-bond acceptors (Lipinski definition) is 14. The van der Waals surface area contributed by atoms with Crippen LogP contribution in [0.25, 0.3) is 43.3 Å². The predicted octanol–water partition coefficient (Wildman–Crippen LogP) is 3.38. The number of nitrogens with zero attached hydrogens (tertiary/aromatic N) is 10. The zero-order valence-corrected chi connectivity index (χ0v) is 22.9. The van der Waals surface area contributed by atoms with Crippen molar-refractivity contribution in [3.05, 3.63) is 128 Å². The van der Waals surface area contributed by atoms with Crippen molar-refractivity contribution < 1.29 is 29.5 Å². The third kappa shape index (κ3) is 4.09. The summed E-state index contributed by atoms with van der Waals surface area (Å²) in [6, 6.07) is 4.25. The maximum Gasteiger partial charge on any atom is 0.422 e. The summed E-state index contributed by atoms with van der Waals surface area (Å²) in [5.74, 6) is 0. The normalized spacial score (nSPS) is 11.2. The SMILES string of the molecule is [C-]#[N+]C(C#N)=c1c2c(c(=C(C#N)[N+]#[C-])c3c1Cc1c-3cc([N+](=O)[O-])c([N+](=O)[O-])c1[N+](=O)[O-])-c1cc([N+](=O)[O-])c([N+](=O)[O-])c([N+](=O)[O-])c1C2. The molecule has 232 valence electrons. The fraction of sp³-hybridized carbons (Fsp3) is 0.0769. The van der Waals surface area contributed by atoms with Gasteiger partial charge in [0.15, 0.2) is 0 Å². The molecule has 0 aromatic heterocycles. The van der Waals surface area contributed by atoms with Crippen LogP contribution in [-0.4, -0.2) is 29.5 Å². The summed E-state index contributed by atoms with van der Waals surface area (Å²) in [7, 11) is 0. The number of nitriles is 2. The first-order valence-corrected chi connectivity index (χ1v) is 12.4. The van der Waals surface area contributed by atoms with Gasteiger partial charge < -0.3 is 0 Å². The van der Waals surface area contributed by atoms with E-state index in [1.54, 1.807) is 12.1 Å². The van der Waals surface area contributed by atoms with Gasteiger partial charge in [-0.3, -0.25) is 60.7 Å². The van der Waals surface area contributed by atoms with E-state index in [0.717, 1.165) is 0 Å². The minimum absolute atomic E-state index is 0.264. The molecule has 48 heavy (non-hydrogen) atoms. The highest BCUT2D eigenvalue weighted by atomic mass is 16.7. The molecule has 2 aliphatic carbocycles. The maximum absolute atomic E-state index is 12.2. The van der Waals surface area contributed by atoms with Crippen molar-refractivity contribution in [1.29, 1.82) is 10.5 Å². The van der Waals surface area contributed by atoms with Crippen molar-refractivity contribution in [3.8, 4) is 34.4 Å². The second kappa shape index (κ2) is 10.7. The maximum atomic E-state index is 12.2. The molecule has 0 aliphatic heterocycles. The van der Waals surface area contributed by atoms with Gasteiger partial charge in [0.25, 0.3) is 11.4 Å². The van der Waals surface area contributed by atoms with Gasteiger partial charge in [-0.05, 0) is 38.6 Å². The highest BCUT2D eigenvalue weighted by molar-refractivity contribution is 5.98. The van der Waals surface area contributed by atoms with Gasteiger partial charge in [-0.1, -0.05) is 0 Å². The average Bonchev–Trinajstić information content (AvgIpc) is 3.58. The summed E-state index contributed by atoms with van der Waals surface area (Å²) in [6.45, 7) is 15.3. The largest absolute Gasteiger partial charge is 0.422 e. The summed E-state index contributed by atoms with van der Waals surface area (Å²) >= 11 is 0. The van der Waals surface area contributed by atoms with Gasteiger partial charge >= 0.3 is 34.1 Å². The van der Waals surface area contributed by atoms with Crippen molar-refractivity contribution in [2.45, 2.75) is 12.8 Å². The van der Waals surface area contributed by atoms with Crippen LogP contribution in [-0.2, 0) is 12.8 Å². The molecular formula is C26H6N10O12. The molecule has 22 heteroatoms. The Kier molecular flexibility index (Phi) is 6.97. The Bertz CT molecular complexity index is 2360. The van der Waals surface area contributed by atoms with Crippen LogP contribution >= 0.6 is 0 Å². The van der Waals surface area contributed by atoms with E-state index in [1.807, 2.05) is 0 Å². The van der Waals surface area contributed by atoms with Crippen molar-refractivity contribution in [2.75, 3.05) is 0 Å². The predicted molar refractivity (Wildman–Crippen MR) is 153 cm³/mol. The van der Waals surface area contributed by atoms with E-state index < -0.39 is 132 Å². The summed E-state index contributed by atoms with van der Waals surface area (Å²) in [4.78, 5) is 70.5. The third-order valence-electron chi connectivity index (χ3n) is 7.70. The fourth-order valence-electron chi connectivity index (χ4n) is 6.16. The number of hydrogen-bond donors (Lipinski definition) is 0. The summed E-state index contributed by atoms with van der Waals surface area (Å²) in [5, 5.41) is 91.0. The van der Waals surface area contributed by atoms with Gasteiger partial charge in [-0.2, -0.15) is 0 Å². The first-order valence-electron chi connectivity index (χ1n) is 12.4. The molecule has 0 spiro atoms. The molecule has 0 fully saturated rings. The van der Waals surface area contributed by atoms with Gasteiger partial charge in [-0.15, -0.1) is 0 Å². The molecule has 3 aromatic rings. The lowest BCUT2D eigenvalue weighted by atomic mass is 9.90. The van der Waals surface area contributed by atoms with Crippen LogP contribution < -0.4 is 10.4 Å². The van der Waals surface area contributed by atoms with E-state index in [4.69, 9.17) is 13.1 Å². The second-order valence-electron chi connectivity index (χ2n) is 9.74. The minimum Gasteiger partial charge on any atom is -0.258 e. The zero-order valence-electron chi connectivity index (χ0n) is 22.9. The zero-order chi connectivity index (χ0) is 35.5. The van der Waals surface area contributed by atoms with Crippen LogP contribution in [0.4, 0.5) is 34.1 Å². The molecule has 22 nitrogen and oxygen atoms in total. The van der Waals surface area contributed by atoms with E-state index in [1.165, 1.54) is 0 Å². The van der Waals surface area contributed by atoms with Crippen molar-refractivity contribution in [3.63, 3.8) is 0 Å². The molecule has 0 amide bonds. The van der Waals surface area contributed by atoms with Gasteiger partial charge in [0.05, 0.1) is 65.9 Å². The van der Waals surface area contributed by atoms with E-state index in [0.29, 0.717) is 12.1 Å². The van der Waals surface area contributed by atoms with Crippen molar-refractivity contribution in [1.82, 2.24) is 0 Å². The monoisotopic (exact) mass is 650 g/mol. The standard InChI is InChI=1S/C26H6N10O12/c1-29-15(7-27)19-13-3-11-9(5-17(31(37)38)25(35(45)46)23(11)33(41)42)20(13)22(16(8-28)30-2)21-10-6-18(32(39)40)26(36(47)48)24(34(43)44)12(10)4-14(19)21/h5-6H,3-4H2. The number of benzene rings is 3. The van der Waals surface area contributed by atoms with E-state index in [9.17, 15) is 71.2 Å². The molecule has 0 heterocycles. The first kappa shape index (κ1) is 31.2. The molecule has 0 bridgehead atoms. The summed E-state index contributed by atoms with van der Waals surface area (Å²) in [5.41, 5.74) is -13.6. The van der Waals surface area contributed by atoms with E-state index in [2.05, 4.69) is 9.69 Å². The number of nitro groups is 6. The molecule has 0 saturated heterocycles. The Morgan fingerprint density at radius 3 is 1.17 bits per heavy atom. The lowest BCUT2D eigenvalue weighted by molar-refractivity contribution is -0.441. The van der Waals surface area contributed by atoms with Gasteiger partial charge in [0, 0.05) is 30.2 Å². The second-order valence-corrected chi connectivity index (χ2v) is 9.74. The Morgan fingerprint density at radius 2 is 0.896 bits per heavy atom. The Hall–Kier alpha value is -8.24. The average molecular weight is 650 g/mol. The molecule has 5 rings (SSSR count). The van der Waals surface area contributed by atoms with Crippen molar-refractivity contribution >= 4 is 45.5 Å². The van der Waals surface area contributed by atoms with Crippen LogP contribution in [0.15, 0.2) is 12.1 Å². The minimum atomic E-state index is -1.51. The van der Waals surface area contributed by atoms with Crippen LogP contribution in [0, 0.1) is 96.5 Å². The lowest BCUT2D eigenvalue weighted by Crippen LogP contribution is -2.25. The first-order chi connectivity index (χ1) is 22.7. The summed E-state index contributed by atoms with van der Waals surface area (Å²) < 4.78 is 0. The highest BCUT2D eigenvalue weighted by Crippen LogP contribution is 2.52. The topological polar surface area (TPSA) is 315 Å². The molecule has 0 N–H and O–H groups in total. The molecule has 0 unspecified atom stereocenters. The van der Waals surface area contributed by atoms with Gasteiger partial charge in [0.2, 0.25) is 0 Å². The molecule has 0 saturated carbocycles. The smallest absolute Gasteiger partial charge is 0.258 e. The van der Waals surface area contributed by atoms with E-state index in [-0.39, 0.29) is 11.1 Å². The quantitative estimate of drug-likeness (QED) is 0.144. The number of rotatable bonds is 6. The third-order valence-corrected chi connectivity index (χ3v) is 7.70. The summed E-state index contributed by atoms with van der Waals surface area (Å²) in [6.07, 6.45) is -1.49. The molecule has 0 atom stereocenters.